The van der Waals surface area contributed by atoms with E-state index in [4.69, 9.17) is 0 Å². The highest BCUT2D eigenvalue weighted by atomic mass is 16.2. The maximum Gasteiger partial charge on any atom is 0.257 e. The lowest BCUT2D eigenvalue weighted by molar-refractivity contribution is 0.0748. The van der Waals surface area contributed by atoms with Crippen LogP contribution in [-0.2, 0) is 0 Å². The first kappa shape index (κ1) is 14.9. The second kappa shape index (κ2) is 6.48. The van der Waals surface area contributed by atoms with Crippen molar-refractivity contribution < 1.29 is 4.79 Å². The summed E-state index contributed by atoms with van der Waals surface area (Å²) in [5, 5.41) is 3.65. The van der Waals surface area contributed by atoms with Gasteiger partial charge in [0.2, 0.25) is 0 Å². The number of carbonyl (C=O) groups is 1. The third kappa shape index (κ3) is 3.07. The fourth-order valence-corrected chi connectivity index (χ4v) is 4.22. The molecule has 3 saturated heterocycles. The second-order valence-electron chi connectivity index (χ2n) is 7.10. The minimum absolute atomic E-state index is 0.160. The summed E-state index contributed by atoms with van der Waals surface area (Å²) in [6.45, 7) is 3.73. The summed E-state index contributed by atoms with van der Waals surface area (Å²) in [5.41, 5.74) is 0.784. The van der Waals surface area contributed by atoms with Crippen molar-refractivity contribution in [1.29, 1.82) is 0 Å². The van der Waals surface area contributed by atoms with E-state index < -0.39 is 0 Å². The fourth-order valence-electron chi connectivity index (χ4n) is 4.22. The first-order valence-corrected chi connectivity index (χ1v) is 9.06. The molecule has 5 nitrogen and oxygen atoms in total. The van der Waals surface area contributed by atoms with E-state index >= 15 is 0 Å². The molecule has 2 bridgehead atoms. The molecule has 1 aromatic rings. The van der Waals surface area contributed by atoms with Crippen LogP contribution in [0.4, 0.5) is 5.82 Å². The van der Waals surface area contributed by atoms with Gasteiger partial charge < -0.3 is 15.1 Å². The maximum absolute atomic E-state index is 13.1. The van der Waals surface area contributed by atoms with Crippen LogP contribution in [0.15, 0.2) is 18.3 Å². The van der Waals surface area contributed by atoms with Gasteiger partial charge in [-0.05, 0) is 50.7 Å². The number of carbonyl (C=O) groups excluding carboxylic acids is 1. The number of amides is 1. The Morgan fingerprint density at radius 3 is 2.78 bits per heavy atom. The van der Waals surface area contributed by atoms with Gasteiger partial charge in [-0.1, -0.05) is 0 Å². The van der Waals surface area contributed by atoms with Gasteiger partial charge in [-0.3, -0.25) is 4.79 Å². The zero-order valence-corrected chi connectivity index (χ0v) is 13.7. The molecule has 23 heavy (non-hydrogen) atoms. The predicted octanol–water partition coefficient (Wildman–Crippen LogP) is 2.04. The number of aromatic nitrogens is 1. The number of nitrogens with zero attached hydrogens (tertiary/aromatic N) is 3. The van der Waals surface area contributed by atoms with Crippen molar-refractivity contribution in [2.75, 3.05) is 31.1 Å². The average Bonchev–Trinajstić information content (AvgIpc) is 2.94. The topological polar surface area (TPSA) is 48.5 Å². The Bertz CT molecular complexity index is 570. The van der Waals surface area contributed by atoms with Crippen molar-refractivity contribution in [3.8, 4) is 0 Å². The number of hydrogen-bond donors (Lipinski definition) is 1. The Hall–Kier alpha value is -1.62. The molecule has 5 heteroatoms. The Morgan fingerprint density at radius 1 is 1.09 bits per heavy atom. The van der Waals surface area contributed by atoms with Crippen molar-refractivity contribution in [3.05, 3.63) is 23.9 Å². The Labute approximate surface area is 138 Å². The van der Waals surface area contributed by atoms with Crippen LogP contribution in [0.25, 0.3) is 0 Å². The third-order valence-electron chi connectivity index (χ3n) is 5.48. The highest BCUT2D eigenvalue weighted by Crippen LogP contribution is 2.25. The molecular formula is C18H26N4O. The summed E-state index contributed by atoms with van der Waals surface area (Å²) in [6.07, 6.45) is 9.02. The van der Waals surface area contributed by atoms with Gasteiger partial charge in [-0.2, -0.15) is 0 Å². The SMILES string of the molecule is O=C(c1cccnc1N1CCCCC1)N1CCC2CCC(C1)N2. The standard InChI is InChI=1S/C18H26N4O/c23-18(22-12-8-14-6-7-15(13-22)20-14)16-5-4-9-19-17(16)21-10-2-1-3-11-21/h4-5,9,14-15,20H,1-3,6-8,10-13H2. The van der Waals surface area contributed by atoms with E-state index in [0.29, 0.717) is 12.1 Å². The molecule has 3 aliphatic heterocycles. The van der Waals surface area contributed by atoms with E-state index in [-0.39, 0.29) is 5.91 Å². The lowest BCUT2D eigenvalue weighted by Crippen LogP contribution is -2.40. The van der Waals surface area contributed by atoms with Crippen molar-refractivity contribution in [2.24, 2.45) is 0 Å². The Morgan fingerprint density at radius 2 is 1.91 bits per heavy atom. The molecule has 0 aromatic carbocycles. The smallest absolute Gasteiger partial charge is 0.257 e. The molecule has 1 aromatic heterocycles. The van der Waals surface area contributed by atoms with Gasteiger partial charge in [-0.25, -0.2) is 4.98 Å². The quantitative estimate of drug-likeness (QED) is 0.907. The van der Waals surface area contributed by atoms with Crippen molar-refractivity contribution in [1.82, 2.24) is 15.2 Å². The highest BCUT2D eigenvalue weighted by molar-refractivity contribution is 5.99. The number of hydrogen-bond acceptors (Lipinski definition) is 4. The van der Waals surface area contributed by atoms with Crippen LogP contribution >= 0.6 is 0 Å². The summed E-state index contributed by atoms with van der Waals surface area (Å²) in [4.78, 5) is 22.0. The van der Waals surface area contributed by atoms with Crippen LogP contribution < -0.4 is 10.2 Å². The molecule has 3 aliphatic rings. The summed E-state index contributed by atoms with van der Waals surface area (Å²) in [5.74, 6) is 1.05. The average molecular weight is 314 g/mol. The molecule has 0 radical (unpaired) electrons. The number of fused-ring (bicyclic) bond motifs is 2. The number of piperidine rings is 1. The molecule has 2 unspecified atom stereocenters. The molecule has 4 heterocycles. The number of nitrogens with one attached hydrogen (secondary N) is 1. The first-order chi connectivity index (χ1) is 11.3. The number of pyridine rings is 1. The van der Waals surface area contributed by atoms with Crippen molar-refractivity contribution >= 4 is 11.7 Å². The van der Waals surface area contributed by atoms with Gasteiger partial charge in [-0.15, -0.1) is 0 Å². The molecule has 0 spiro atoms. The minimum atomic E-state index is 0.160. The van der Waals surface area contributed by atoms with Crippen LogP contribution in [0.2, 0.25) is 0 Å². The van der Waals surface area contributed by atoms with Gasteiger partial charge >= 0.3 is 0 Å². The van der Waals surface area contributed by atoms with E-state index in [1.807, 2.05) is 23.2 Å². The Balaban J connectivity index is 1.56. The highest BCUT2D eigenvalue weighted by Gasteiger charge is 2.32. The summed E-state index contributed by atoms with van der Waals surface area (Å²) < 4.78 is 0. The predicted molar refractivity (Wildman–Crippen MR) is 90.8 cm³/mol. The van der Waals surface area contributed by atoms with Gasteiger partial charge in [0.15, 0.2) is 0 Å². The minimum Gasteiger partial charge on any atom is -0.356 e. The first-order valence-electron chi connectivity index (χ1n) is 9.06. The fraction of sp³-hybridized carbons (Fsp3) is 0.667. The molecular weight excluding hydrogens is 288 g/mol. The normalized spacial score (nSPS) is 27.8. The summed E-state index contributed by atoms with van der Waals surface area (Å²) in [7, 11) is 0. The van der Waals surface area contributed by atoms with Crippen LogP contribution in [0.3, 0.4) is 0 Å². The largest absolute Gasteiger partial charge is 0.356 e. The molecule has 3 fully saturated rings. The van der Waals surface area contributed by atoms with Crippen molar-refractivity contribution in [3.63, 3.8) is 0 Å². The maximum atomic E-state index is 13.1. The number of likely N-dealkylation sites (tertiary alicyclic amines) is 1. The van der Waals surface area contributed by atoms with E-state index in [1.165, 1.54) is 32.1 Å². The van der Waals surface area contributed by atoms with Crippen molar-refractivity contribution in [2.45, 2.75) is 50.6 Å². The second-order valence-corrected chi connectivity index (χ2v) is 7.10. The number of rotatable bonds is 2. The molecule has 124 valence electrons. The van der Waals surface area contributed by atoms with E-state index in [9.17, 15) is 4.79 Å². The van der Waals surface area contributed by atoms with Gasteiger partial charge in [0.1, 0.15) is 5.82 Å². The molecule has 1 amide bonds. The van der Waals surface area contributed by atoms with Gasteiger partial charge in [0, 0.05) is 44.5 Å². The van der Waals surface area contributed by atoms with E-state index in [2.05, 4.69) is 15.2 Å². The molecule has 2 atom stereocenters. The monoisotopic (exact) mass is 314 g/mol. The summed E-state index contributed by atoms with van der Waals surface area (Å²) >= 11 is 0. The zero-order valence-electron chi connectivity index (χ0n) is 13.7. The van der Waals surface area contributed by atoms with Gasteiger partial charge in [0.05, 0.1) is 5.56 Å². The lowest BCUT2D eigenvalue weighted by atomic mass is 10.1. The van der Waals surface area contributed by atoms with E-state index in [1.54, 1.807) is 0 Å². The van der Waals surface area contributed by atoms with Crippen LogP contribution in [0.5, 0.6) is 0 Å². The van der Waals surface area contributed by atoms with Crippen LogP contribution in [-0.4, -0.2) is 54.1 Å². The Kier molecular flexibility index (Phi) is 4.21. The van der Waals surface area contributed by atoms with Crippen LogP contribution in [0, 0.1) is 0 Å². The van der Waals surface area contributed by atoms with Gasteiger partial charge in [0.25, 0.3) is 5.91 Å². The van der Waals surface area contributed by atoms with Crippen LogP contribution in [0.1, 0.15) is 48.9 Å². The van der Waals surface area contributed by atoms with E-state index in [0.717, 1.165) is 44.0 Å². The third-order valence-corrected chi connectivity index (χ3v) is 5.48. The lowest BCUT2D eigenvalue weighted by Gasteiger charge is -2.31. The molecule has 0 saturated carbocycles. The molecule has 0 aliphatic carbocycles. The zero-order chi connectivity index (χ0) is 15.6. The number of anilines is 1. The molecule has 4 rings (SSSR count). The summed E-state index contributed by atoms with van der Waals surface area (Å²) in [6, 6.07) is 4.92. The molecule has 1 N–H and O–H groups in total.